The van der Waals surface area contributed by atoms with Gasteiger partial charge in [-0.1, -0.05) is 12.1 Å². The first-order chi connectivity index (χ1) is 10.5. The number of aryl methyl sites for hydroxylation is 1. The topological polar surface area (TPSA) is 50.2 Å². The lowest BCUT2D eigenvalue weighted by Crippen LogP contribution is -2.39. The number of rotatable bonds is 6. The van der Waals surface area contributed by atoms with E-state index < -0.39 is 6.04 Å². The summed E-state index contributed by atoms with van der Waals surface area (Å²) in [6, 6.07) is 5.86. The van der Waals surface area contributed by atoms with E-state index in [0.29, 0.717) is 13.1 Å². The molecule has 5 nitrogen and oxygen atoms in total. The van der Waals surface area contributed by atoms with E-state index in [2.05, 4.69) is 10.4 Å². The van der Waals surface area contributed by atoms with Crippen molar-refractivity contribution in [1.29, 1.82) is 0 Å². The van der Waals surface area contributed by atoms with Crippen molar-refractivity contribution in [3.05, 3.63) is 53.6 Å². The Morgan fingerprint density at radius 1 is 1.50 bits per heavy atom. The van der Waals surface area contributed by atoms with Gasteiger partial charge >= 0.3 is 0 Å². The summed E-state index contributed by atoms with van der Waals surface area (Å²) in [7, 11) is 3.55. The van der Waals surface area contributed by atoms with Crippen molar-refractivity contribution < 1.29 is 9.18 Å². The maximum atomic E-state index is 13.3. The lowest BCUT2D eigenvalue weighted by atomic mass is 10.1. The normalized spacial score (nSPS) is 12.2. The number of nitrogens with zero attached hydrogens (tertiary/aromatic N) is 3. The Morgan fingerprint density at radius 2 is 2.27 bits per heavy atom. The quantitative estimate of drug-likeness (QED) is 0.886. The minimum Gasteiger partial charge on any atom is -0.337 e. The fourth-order valence-electron chi connectivity index (χ4n) is 2.41. The number of nitrogens with one attached hydrogen (secondary N) is 1. The number of likely N-dealkylation sites (N-methyl/N-ethyl adjacent to an activating group) is 2. The van der Waals surface area contributed by atoms with E-state index in [1.54, 1.807) is 28.9 Å². The van der Waals surface area contributed by atoms with E-state index >= 15 is 0 Å². The van der Waals surface area contributed by atoms with Gasteiger partial charge in [-0.05, 0) is 31.7 Å². The number of halogens is 1. The molecule has 1 aromatic carbocycles. The summed E-state index contributed by atoms with van der Waals surface area (Å²) < 4.78 is 15.0. The van der Waals surface area contributed by atoms with Crippen LogP contribution in [-0.4, -0.2) is 34.2 Å². The van der Waals surface area contributed by atoms with E-state index in [9.17, 15) is 9.18 Å². The number of carbonyl (C=O) groups is 1. The summed E-state index contributed by atoms with van der Waals surface area (Å²) in [6.45, 7) is 2.84. The van der Waals surface area contributed by atoms with Gasteiger partial charge in [0.25, 0.3) is 0 Å². The molecule has 1 amide bonds. The molecule has 0 aliphatic carbocycles. The summed E-state index contributed by atoms with van der Waals surface area (Å²) >= 11 is 0. The second-order valence-electron chi connectivity index (χ2n) is 5.15. The third-order valence-electron chi connectivity index (χ3n) is 3.55. The molecule has 0 saturated heterocycles. The highest BCUT2D eigenvalue weighted by Gasteiger charge is 2.24. The number of hydrogen-bond donors (Lipinski definition) is 1. The van der Waals surface area contributed by atoms with Crippen LogP contribution in [0, 0.1) is 5.82 Å². The van der Waals surface area contributed by atoms with Gasteiger partial charge in [0.05, 0.1) is 6.20 Å². The molecule has 1 N–H and O–H groups in total. The SMILES string of the molecule is CCN(Cc1cccc(F)c1)C(=O)C(NC)c1cnn(C)c1. The lowest BCUT2D eigenvalue weighted by Gasteiger charge is -2.25. The molecule has 6 heteroatoms. The third-order valence-corrected chi connectivity index (χ3v) is 3.55. The Morgan fingerprint density at radius 3 is 2.82 bits per heavy atom. The van der Waals surface area contributed by atoms with Crippen molar-refractivity contribution in [2.75, 3.05) is 13.6 Å². The maximum absolute atomic E-state index is 13.3. The van der Waals surface area contributed by atoms with Crippen molar-refractivity contribution in [1.82, 2.24) is 20.0 Å². The molecule has 0 aliphatic heterocycles. The molecule has 1 unspecified atom stereocenters. The van der Waals surface area contributed by atoms with Crippen LogP contribution in [0.5, 0.6) is 0 Å². The average Bonchev–Trinajstić information content (AvgIpc) is 2.91. The average molecular weight is 304 g/mol. The summed E-state index contributed by atoms with van der Waals surface area (Å²) in [5.74, 6) is -0.347. The number of benzene rings is 1. The highest BCUT2D eigenvalue weighted by molar-refractivity contribution is 5.83. The van der Waals surface area contributed by atoms with Crippen LogP contribution in [0.15, 0.2) is 36.7 Å². The van der Waals surface area contributed by atoms with E-state index in [0.717, 1.165) is 11.1 Å². The van der Waals surface area contributed by atoms with Crippen molar-refractivity contribution >= 4 is 5.91 Å². The molecule has 0 bridgehead atoms. The van der Waals surface area contributed by atoms with Gasteiger partial charge in [0.1, 0.15) is 11.9 Å². The number of carbonyl (C=O) groups excluding carboxylic acids is 1. The van der Waals surface area contributed by atoms with Gasteiger partial charge in [-0.15, -0.1) is 0 Å². The largest absolute Gasteiger partial charge is 0.337 e. The van der Waals surface area contributed by atoms with Crippen LogP contribution < -0.4 is 5.32 Å². The predicted octanol–water partition coefficient (Wildman–Crippen LogP) is 1.87. The van der Waals surface area contributed by atoms with Crippen molar-refractivity contribution in [2.45, 2.75) is 19.5 Å². The second-order valence-corrected chi connectivity index (χ2v) is 5.15. The standard InChI is InChI=1S/C16H21FN4O/c1-4-21(10-12-6-5-7-14(17)8-12)16(22)15(18-2)13-9-19-20(3)11-13/h5-9,11,15,18H,4,10H2,1-3H3. The minimum atomic E-state index is -0.456. The number of amides is 1. The molecule has 118 valence electrons. The molecular formula is C16H21FN4O. The summed E-state index contributed by atoms with van der Waals surface area (Å²) in [5.41, 5.74) is 1.59. The molecule has 0 saturated carbocycles. The zero-order valence-electron chi connectivity index (χ0n) is 13.1. The Labute approximate surface area is 129 Å². The molecule has 0 fully saturated rings. The smallest absolute Gasteiger partial charge is 0.244 e. The van der Waals surface area contributed by atoms with Crippen LogP contribution in [0.4, 0.5) is 4.39 Å². The third kappa shape index (κ3) is 3.71. The molecule has 2 aromatic rings. The molecule has 1 aromatic heterocycles. The Hall–Kier alpha value is -2.21. The first-order valence-electron chi connectivity index (χ1n) is 7.24. The second kappa shape index (κ2) is 7.17. The van der Waals surface area contributed by atoms with Gasteiger partial charge in [-0.25, -0.2) is 4.39 Å². The molecule has 0 spiro atoms. The molecule has 0 aliphatic rings. The first kappa shape index (κ1) is 16.2. The highest BCUT2D eigenvalue weighted by atomic mass is 19.1. The zero-order valence-corrected chi connectivity index (χ0v) is 13.1. The molecular weight excluding hydrogens is 283 g/mol. The van der Waals surface area contributed by atoms with Crippen molar-refractivity contribution in [3.8, 4) is 0 Å². The predicted molar refractivity (Wildman–Crippen MR) is 82.5 cm³/mol. The van der Waals surface area contributed by atoms with Crippen molar-refractivity contribution in [3.63, 3.8) is 0 Å². The van der Waals surface area contributed by atoms with E-state index in [1.807, 2.05) is 26.2 Å². The molecule has 2 rings (SSSR count). The van der Waals surface area contributed by atoms with Crippen molar-refractivity contribution in [2.24, 2.45) is 7.05 Å². The van der Waals surface area contributed by atoms with Gasteiger partial charge in [-0.3, -0.25) is 9.48 Å². The van der Waals surface area contributed by atoms with Gasteiger partial charge in [-0.2, -0.15) is 5.10 Å². The van der Waals surface area contributed by atoms with E-state index in [4.69, 9.17) is 0 Å². The van der Waals surface area contributed by atoms with Gasteiger partial charge in [0.2, 0.25) is 5.91 Å². The van der Waals surface area contributed by atoms with Crippen LogP contribution in [0.1, 0.15) is 24.1 Å². The molecule has 1 heterocycles. The van der Waals surface area contributed by atoms with Gasteiger partial charge in [0, 0.05) is 31.9 Å². The summed E-state index contributed by atoms with van der Waals surface area (Å²) in [4.78, 5) is 14.4. The first-order valence-corrected chi connectivity index (χ1v) is 7.24. The number of hydrogen-bond acceptors (Lipinski definition) is 3. The van der Waals surface area contributed by atoms with Gasteiger partial charge in [0.15, 0.2) is 0 Å². The fourth-order valence-corrected chi connectivity index (χ4v) is 2.41. The molecule has 0 radical (unpaired) electrons. The van der Waals surface area contributed by atoms with Crippen LogP contribution >= 0.6 is 0 Å². The van der Waals surface area contributed by atoms with Crippen LogP contribution in [0.25, 0.3) is 0 Å². The molecule has 1 atom stereocenters. The Balaban J connectivity index is 2.16. The van der Waals surface area contributed by atoms with E-state index in [-0.39, 0.29) is 11.7 Å². The fraction of sp³-hybridized carbons (Fsp3) is 0.375. The van der Waals surface area contributed by atoms with E-state index in [1.165, 1.54) is 12.1 Å². The van der Waals surface area contributed by atoms with Crippen LogP contribution in [-0.2, 0) is 18.4 Å². The lowest BCUT2D eigenvalue weighted by molar-refractivity contribution is -0.133. The van der Waals surface area contributed by atoms with Crippen LogP contribution in [0.3, 0.4) is 0 Å². The summed E-state index contributed by atoms with van der Waals surface area (Å²) in [6.07, 6.45) is 3.49. The van der Waals surface area contributed by atoms with Crippen LogP contribution in [0.2, 0.25) is 0 Å². The maximum Gasteiger partial charge on any atom is 0.244 e. The molecule has 22 heavy (non-hydrogen) atoms. The Bertz CT molecular complexity index is 641. The Kier molecular flexibility index (Phi) is 5.27. The highest BCUT2D eigenvalue weighted by Crippen LogP contribution is 2.17. The monoisotopic (exact) mass is 304 g/mol. The van der Waals surface area contributed by atoms with Gasteiger partial charge < -0.3 is 10.2 Å². The minimum absolute atomic E-state index is 0.0535. The number of aromatic nitrogens is 2. The zero-order chi connectivity index (χ0) is 16.1. The summed E-state index contributed by atoms with van der Waals surface area (Å²) in [5, 5.41) is 7.13.